The van der Waals surface area contributed by atoms with Crippen molar-refractivity contribution in [3.63, 3.8) is 0 Å². The molecule has 0 aromatic carbocycles. The molecular formula is C14H17N5O3. The Hall–Kier alpha value is -2.32. The highest BCUT2D eigenvalue weighted by molar-refractivity contribution is 5.87. The molecule has 2 aromatic rings. The molecule has 0 bridgehead atoms. The number of amides is 1. The van der Waals surface area contributed by atoms with Crippen LogP contribution in [0, 0.1) is 6.92 Å². The zero-order valence-electron chi connectivity index (χ0n) is 12.3. The van der Waals surface area contributed by atoms with Crippen molar-refractivity contribution in [1.82, 2.24) is 19.8 Å². The molecule has 22 heavy (non-hydrogen) atoms. The molecule has 0 atom stereocenters. The number of morpholine rings is 1. The largest absolute Gasteiger partial charge is 0.379 e. The number of nitrogens with one attached hydrogen (secondary N) is 1. The highest BCUT2D eigenvalue weighted by Crippen LogP contribution is 2.04. The molecule has 116 valence electrons. The van der Waals surface area contributed by atoms with Crippen molar-refractivity contribution >= 4 is 16.9 Å². The molecule has 0 radical (unpaired) electrons. The Morgan fingerprint density at radius 3 is 2.95 bits per heavy atom. The topological polar surface area (TPSA) is 89.3 Å². The lowest BCUT2D eigenvalue weighted by Crippen LogP contribution is -2.43. The van der Waals surface area contributed by atoms with Crippen LogP contribution >= 0.6 is 0 Å². The third kappa shape index (κ3) is 2.97. The molecule has 3 rings (SSSR count). The van der Waals surface area contributed by atoms with Crippen LogP contribution in [0.25, 0.3) is 11.0 Å². The molecule has 1 amide bonds. The maximum atomic E-state index is 12.2. The first-order valence-corrected chi connectivity index (χ1v) is 7.10. The van der Waals surface area contributed by atoms with Gasteiger partial charge >= 0.3 is 0 Å². The van der Waals surface area contributed by atoms with Gasteiger partial charge in [0.25, 0.3) is 5.91 Å². The van der Waals surface area contributed by atoms with Gasteiger partial charge in [-0.2, -0.15) is 9.89 Å². The van der Waals surface area contributed by atoms with E-state index in [2.05, 4.69) is 15.5 Å². The molecule has 3 heterocycles. The third-order valence-electron chi connectivity index (χ3n) is 3.51. The van der Waals surface area contributed by atoms with Gasteiger partial charge in [0.1, 0.15) is 5.69 Å². The van der Waals surface area contributed by atoms with Gasteiger partial charge in [0.05, 0.1) is 25.1 Å². The van der Waals surface area contributed by atoms with Crippen LogP contribution in [0.1, 0.15) is 5.69 Å². The van der Waals surface area contributed by atoms with Crippen LogP contribution in [0.15, 0.2) is 23.1 Å². The van der Waals surface area contributed by atoms with Gasteiger partial charge in [-0.05, 0) is 19.1 Å². The number of carbonyl (C=O) groups excluding carboxylic acids is 1. The second-order valence-corrected chi connectivity index (χ2v) is 5.12. The summed E-state index contributed by atoms with van der Waals surface area (Å²) in [6, 6.07) is 3.35. The van der Waals surface area contributed by atoms with Crippen molar-refractivity contribution in [2.45, 2.75) is 6.92 Å². The number of hydrogen-bond donors (Lipinski definition) is 1. The maximum absolute atomic E-state index is 12.2. The number of rotatable bonds is 3. The average Bonchev–Trinajstić information content (AvgIpc) is 2.53. The minimum absolute atomic E-state index is 0.179. The standard InChI is InChI=1S/C14H17N5O3/c1-10-13(21)11-3-2-4-15-14(11)19(16-10)17-12(20)9-18-5-7-22-8-6-18/h2-4H,5-9H2,1H3,(H,17,20). The van der Waals surface area contributed by atoms with E-state index in [0.29, 0.717) is 29.9 Å². The first-order valence-electron chi connectivity index (χ1n) is 7.10. The summed E-state index contributed by atoms with van der Waals surface area (Å²) >= 11 is 0. The number of nitrogens with zero attached hydrogens (tertiary/aromatic N) is 4. The normalized spacial score (nSPS) is 15.9. The van der Waals surface area contributed by atoms with E-state index in [-0.39, 0.29) is 17.9 Å². The Balaban J connectivity index is 1.82. The number of carbonyl (C=O) groups is 1. The monoisotopic (exact) mass is 303 g/mol. The molecule has 0 aliphatic carbocycles. The molecule has 1 fully saturated rings. The third-order valence-corrected chi connectivity index (χ3v) is 3.51. The van der Waals surface area contributed by atoms with Crippen LogP contribution in [-0.4, -0.2) is 58.5 Å². The van der Waals surface area contributed by atoms with Gasteiger partial charge in [0.2, 0.25) is 5.43 Å². The van der Waals surface area contributed by atoms with E-state index in [1.54, 1.807) is 25.3 Å². The summed E-state index contributed by atoms with van der Waals surface area (Å²) in [5.74, 6) is -0.204. The fourth-order valence-corrected chi connectivity index (χ4v) is 2.37. The molecule has 1 aliphatic heterocycles. The van der Waals surface area contributed by atoms with Crippen molar-refractivity contribution in [3.05, 3.63) is 34.2 Å². The smallest absolute Gasteiger partial charge is 0.254 e. The summed E-state index contributed by atoms with van der Waals surface area (Å²) < 4.78 is 5.25. The van der Waals surface area contributed by atoms with Crippen LogP contribution in [0.5, 0.6) is 0 Å². The number of aryl methyl sites for hydroxylation is 1. The number of aromatic nitrogens is 3. The van der Waals surface area contributed by atoms with Gasteiger partial charge in [0.15, 0.2) is 5.65 Å². The van der Waals surface area contributed by atoms with Gasteiger partial charge in [-0.1, -0.05) is 0 Å². The second-order valence-electron chi connectivity index (χ2n) is 5.12. The first kappa shape index (κ1) is 14.6. The highest BCUT2D eigenvalue weighted by Gasteiger charge is 2.16. The lowest BCUT2D eigenvalue weighted by Gasteiger charge is -2.25. The number of fused-ring (bicyclic) bond motifs is 1. The first-order chi connectivity index (χ1) is 10.6. The minimum Gasteiger partial charge on any atom is -0.379 e. The van der Waals surface area contributed by atoms with Gasteiger partial charge in [0, 0.05) is 19.3 Å². The molecule has 8 heteroatoms. The van der Waals surface area contributed by atoms with E-state index in [1.807, 2.05) is 4.90 Å². The summed E-state index contributed by atoms with van der Waals surface area (Å²) in [5.41, 5.74) is 3.16. The van der Waals surface area contributed by atoms with E-state index in [4.69, 9.17) is 4.74 Å². The molecule has 0 saturated carbocycles. The Kier molecular flexibility index (Phi) is 4.12. The Labute approximate surface area is 126 Å². The number of pyridine rings is 1. The van der Waals surface area contributed by atoms with Crippen molar-refractivity contribution in [3.8, 4) is 0 Å². The van der Waals surface area contributed by atoms with Crippen LogP contribution in [0.2, 0.25) is 0 Å². The molecule has 1 aliphatic rings. The predicted octanol–water partition coefficient (Wildman–Crippen LogP) is -0.498. The maximum Gasteiger partial charge on any atom is 0.254 e. The molecule has 1 saturated heterocycles. The van der Waals surface area contributed by atoms with Gasteiger partial charge < -0.3 is 4.74 Å². The zero-order chi connectivity index (χ0) is 15.5. The molecular weight excluding hydrogens is 286 g/mol. The minimum atomic E-state index is -0.204. The van der Waals surface area contributed by atoms with Crippen LogP contribution < -0.4 is 10.9 Å². The van der Waals surface area contributed by atoms with Gasteiger partial charge in [-0.3, -0.25) is 14.5 Å². The molecule has 0 spiro atoms. The van der Waals surface area contributed by atoms with Gasteiger partial charge in [-0.15, -0.1) is 0 Å². The van der Waals surface area contributed by atoms with Crippen molar-refractivity contribution in [2.75, 3.05) is 38.3 Å². The summed E-state index contributed by atoms with van der Waals surface area (Å²) in [6.45, 7) is 4.58. The second kappa shape index (κ2) is 6.20. The molecule has 1 N–H and O–H groups in total. The highest BCUT2D eigenvalue weighted by atomic mass is 16.5. The SMILES string of the molecule is Cc1nn(NC(=O)CN2CCOCC2)c2ncccc2c1=O. The van der Waals surface area contributed by atoms with Gasteiger partial charge in [-0.25, -0.2) is 10.4 Å². The fraction of sp³-hybridized carbons (Fsp3) is 0.429. The quantitative estimate of drug-likeness (QED) is 0.822. The van der Waals surface area contributed by atoms with E-state index < -0.39 is 0 Å². The number of ether oxygens (including phenoxy) is 1. The van der Waals surface area contributed by atoms with Crippen molar-refractivity contribution in [2.24, 2.45) is 0 Å². The fourth-order valence-electron chi connectivity index (χ4n) is 2.37. The van der Waals surface area contributed by atoms with Crippen molar-refractivity contribution in [1.29, 1.82) is 0 Å². The van der Waals surface area contributed by atoms with E-state index in [1.165, 1.54) is 4.79 Å². The van der Waals surface area contributed by atoms with E-state index in [9.17, 15) is 9.59 Å². The lowest BCUT2D eigenvalue weighted by atomic mass is 10.2. The number of hydrogen-bond acceptors (Lipinski definition) is 6. The zero-order valence-corrected chi connectivity index (χ0v) is 12.3. The predicted molar refractivity (Wildman–Crippen MR) is 80.2 cm³/mol. The Morgan fingerprint density at radius 2 is 2.18 bits per heavy atom. The molecule has 0 unspecified atom stereocenters. The van der Waals surface area contributed by atoms with Crippen LogP contribution in [0.4, 0.5) is 0 Å². The molecule has 8 nitrogen and oxygen atoms in total. The van der Waals surface area contributed by atoms with E-state index >= 15 is 0 Å². The summed E-state index contributed by atoms with van der Waals surface area (Å²) in [5, 5.41) is 4.53. The van der Waals surface area contributed by atoms with E-state index in [0.717, 1.165) is 13.1 Å². The summed E-state index contributed by atoms with van der Waals surface area (Å²) in [7, 11) is 0. The Morgan fingerprint density at radius 1 is 1.41 bits per heavy atom. The van der Waals surface area contributed by atoms with Crippen LogP contribution in [0.3, 0.4) is 0 Å². The summed E-state index contributed by atoms with van der Waals surface area (Å²) in [6.07, 6.45) is 1.56. The molecule has 2 aromatic heterocycles. The van der Waals surface area contributed by atoms with Crippen LogP contribution in [-0.2, 0) is 9.53 Å². The Bertz CT molecular complexity index is 752. The summed E-state index contributed by atoms with van der Waals surface area (Å²) in [4.78, 5) is 31.6. The lowest BCUT2D eigenvalue weighted by molar-refractivity contribution is -0.119. The van der Waals surface area contributed by atoms with Crippen molar-refractivity contribution < 1.29 is 9.53 Å². The average molecular weight is 303 g/mol.